The molecule has 0 unspecified atom stereocenters. The molecule has 0 radical (unpaired) electrons. The number of hydrogen-bond donors (Lipinski definition) is 1. The molecule has 0 spiro atoms. The molecule has 0 saturated heterocycles. The zero-order chi connectivity index (χ0) is 13.7. The Hall–Kier alpha value is -1.18. The lowest BCUT2D eigenvalue weighted by Crippen LogP contribution is -2.33. The summed E-state index contributed by atoms with van der Waals surface area (Å²) < 4.78 is 0. The summed E-state index contributed by atoms with van der Waals surface area (Å²) >= 11 is 12.4. The maximum atomic E-state index is 9.33. The number of aromatic hydroxyl groups is 1. The van der Waals surface area contributed by atoms with Crippen LogP contribution < -0.4 is 0 Å². The van der Waals surface area contributed by atoms with Crippen LogP contribution in [0.1, 0.15) is 11.1 Å². The summed E-state index contributed by atoms with van der Waals surface area (Å²) in [5.74, 6) is 1.19. The lowest BCUT2D eigenvalue weighted by Gasteiger charge is -2.30. The molecule has 0 saturated carbocycles. The largest absolute Gasteiger partial charge is 0.508 e. The Labute approximate surface area is 123 Å². The molecule has 0 atom stereocenters. The molecule has 19 heavy (non-hydrogen) atoms. The van der Waals surface area contributed by atoms with Gasteiger partial charge in [0.25, 0.3) is 0 Å². The second-order valence-corrected chi connectivity index (χ2v) is 5.29. The highest BCUT2D eigenvalue weighted by Gasteiger charge is 2.30. The third kappa shape index (κ3) is 3.23. The van der Waals surface area contributed by atoms with Crippen molar-refractivity contribution < 1.29 is 5.11 Å². The van der Waals surface area contributed by atoms with E-state index in [4.69, 9.17) is 23.2 Å². The summed E-state index contributed by atoms with van der Waals surface area (Å²) in [5, 5.41) is 9.33. The van der Waals surface area contributed by atoms with Crippen molar-refractivity contribution >= 4 is 23.2 Å². The van der Waals surface area contributed by atoms with Gasteiger partial charge in [-0.25, -0.2) is 0 Å². The Kier molecular flexibility index (Phi) is 4.73. The van der Waals surface area contributed by atoms with E-state index in [2.05, 4.69) is 12.1 Å². The second kappa shape index (κ2) is 6.31. The van der Waals surface area contributed by atoms with E-state index in [9.17, 15) is 5.11 Å². The number of phenols is 1. The lowest BCUT2D eigenvalue weighted by atomic mass is 9.79. The molecule has 0 aliphatic heterocycles. The predicted molar refractivity (Wildman–Crippen MR) is 81.4 cm³/mol. The van der Waals surface area contributed by atoms with E-state index >= 15 is 0 Å². The molecule has 0 bridgehead atoms. The fourth-order valence-electron chi connectivity index (χ4n) is 2.18. The summed E-state index contributed by atoms with van der Waals surface area (Å²) in [6.45, 7) is 0. The zero-order valence-electron chi connectivity index (χ0n) is 10.5. The monoisotopic (exact) mass is 294 g/mol. The Morgan fingerprint density at radius 3 is 1.95 bits per heavy atom. The molecule has 2 aromatic carbocycles. The van der Waals surface area contributed by atoms with Gasteiger partial charge in [0.2, 0.25) is 0 Å². The molecule has 1 nitrogen and oxygen atoms in total. The Morgan fingerprint density at radius 2 is 1.42 bits per heavy atom. The van der Waals surface area contributed by atoms with Gasteiger partial charge in [0, 0.05) is 17.2 Å². The van der Waals surface area contributed by atoms with E-state index in [1.165, 1.54) is 0 Å². The van der Waals surface area contributed by atoms with E-state index < -0.39 is 0 Å². The van der Waals surface area contributed by atoms with Crippen LogP contribution in [0.4, 0.5) is 0 Å². The zero-order valence-corrected chi connectivity index (χ0v) is 12.0. The SMILES string of the molecule is Oc1ccc(CC(CCl)(CCl)c2ccccc2)cc1. The van der Waals surface area contributed by atoms with Crippen LogP contribution in [-0.2, 0) is 11.8 Å². The van der Waals surface area contributed by atoms with Crippen molar-refractivity contribution in [3.8, 4) is 5.75 Å². The van der Waals surface area contributed by atoms with E-state index in [0.29, 0.717) is 11.8 Å². The first-order valence-electron chi connectivity index (χ1n) is 6.15. The van der Waals surface area contributed by atoms with Gasteiger partial charge < -0.3 is 5.11 Å². The fraction of sp³-hybridized carbons (Fsp3) is 0.250. The molecule has 2 aromatic rings. The molecule has 0 aliphatic carbocycles. The minimum absolute atomic E-state index is 0.269. The quantitative estimate of drug-likeness (QED) is 0.813. The Morgan fingerprint density at radius 1 is 0.842 bits per heavy atom. The van der Waals surface area contributed by atoms with Gasteiger partial charge in [0.15, 0.2) is 0 Å². The maximum Gasteiger partial charge on any atom is 0.115 e. The average molecular weight is 295 g/mol. The molecule has 3 heteroatoms. The molecule has 0 heterocycles. The highest BCUT2D eigenvalue weighted by atomic mass is 35.5. The summed E-state index contributed by atoms with van der Waals surface area (Å²) in [6, 6.07) is 17.3. The first-order chi connectivity index (χ1) is 9.20. The van der Waals surface area contributed by atoms with E-state index in [-0.39, 0.29) is 11.2 Å². The topological polar surface area (TPSA) is 20.2 Å². The van der Waals surface area contributed by atoms with Crippen LogP contribution in [0.2, 0.25) is 0 Å². The fourth-order valence-corrected chi connectivity index (χ4v) is 2.97. The first kappa shape index (κ1) is 14.2. The van der Waals surface area contributed by atoms with Crippen LogP contribution in [0.25, 0.3) is 0 Å². The van der Waals surface area contributed by atoms with Gasteiger partial charge in [-0.2, -0.15) is 0 Å². The van der Waals surface area contributed by atoms with Crippen molar-refractivity contribution in [1.82, 2.24) is 0 Å². The van der Waals surface area contributed by atoms with Crippen LogP contribution in [0.5, 0.6) is 5.75 Å². The number of hydrogen-bond acceptors (Lipinski definition) is 1. The molecular formula is C16H16Cl2O. The van der Waals surface area contributed by atoms with Gasteiger partial charge in [-0.3, -0.25) is 0 Å². The normalized spacial score (nSPS) is 11.5. The Bertz CT molecular complexity index is 504. The highest BCUT2D eigenvalue weighted by molar-refractivity contribution is 6.22. The third-order valence-electron chi connectivity index (χ3n) is 3.38. The highest BCUT2D eigenvalue weighted by Crippen LogP contribution is 2.32. The number of alkyl halides is 2. The van der Waals surface area contributed by atoms with Crippen LogP contribution in [0.3, 0.4) is 0 Å². The molecule has 1 N–H and O–H groups in total. The molecule has 100 valence electrons. The number of rotatable bonds is 5. The summed E-state index contributed by atoms with van der Waals surface area (Å²) in [5.41, 5.74) is 1.98. The van der Waals surface area contributed by atoms with Crippen molar-refractivity contribution in [3.63, 3.8) is 0 Å². The minimum Gasteiger partial charge on any atom is -0.508 e. The Balaban J connectivity index is 2.32. The van der Waals surface area contributed by atoms with Gasteiger partial charge in [0.05, 0.1) is 0 Å². The number of halogens is 2. The van der Waals surface area contributed by atoms with Gasteiger partial charge in [0.1, 0.15) is 5.75 Å². The van der Waals surface area contributed by atoms with Gasteiger partial charge in [-0.05, 0) is 29.7 Å². The lowest BCUT2D eigenvalue weighted by molar-refractivity contribution is 0.474. The number of benzene rings is 2. The van der Waals surface area contributed by atoms with Crippen molar-refractivity contribution in [2.24, 2.45) is 0 Å². The number of phenolic OH excluding ortho intramolecular Hbond substituents is 1. The summed E-state index contributed by atoms with van der Waals surface area (Å²) in [4.78, 5) is 0. The molecule has 0 amide bonds. The van der Waals surface area contributed by atoms with Crippen molar-refractivity contribution in [3.05, 3.63) is 65.7 Å². The second-order valence-electron chi connectivity index (χ2n) is 4.76. The summed E-state index contributed by atoms with van der Waals surface area (Å²) in [6.07, 6.45) is 0.754. The molecule has 0 fully saturated rings. The third-order valence-corrected chi connectivity index (χ3v) is 4.40. The molecular weight excluding hydrogens is 279 g/mol. The molecule has 0 aliphatic rings. The summed E-state index contributed by atoms with van der Waals surface area (Å²) in [7, 11) is 0. The average Bonchev–Trinajstić information content (AvgIpc) is 2.48. The van der Waals surface area contributed by atoms with Crippen molar-refractivity contribution in [2.45, 2.75) is 11.8 Å². The van der Waals surface area contributed by atoms with E-state index in [1.807, 2.05) is 30.3 Å². The van der Waals surface area contributed by atoms with Gasteiger partial charge in [-0.15, -0.1) is 23.2 Å². The van der Waals surface area contributed by atoms with Crippen molar-refractivity contribution in [1.29, 1.82) is 0 Å². The minimum atomic E-state index is -0.276. The van der Waals surface area contributed by atoms with Crippen LogP contribution in [0, 0.1) is 0 Å². The van der Waals surface area contributed by atoms with Crippen LogP contribution >= 0.6 is 23.2 Å². The van der Waals surface area contributed by atoms with Crippen LogP contribution in [-0.4, -0.2) is 16.9 Å². The molecule has 2 rings (SSSR count). The van der Waals surface area contributed by atoms with Gasteiger partial charge >= 0.3 is 0 Å². The standard InChI is InChI=1S/C16H16Cl2O/c17-11-16(12-18,14-4-2-1-3-5-14)10-13-6-8-15(19)9-7-13/h1-9,19H,10-12H2. The smallest absolute Gasteiger partial charge is 0.115 e. The molecule has 0 aromatic heterocycles. The van der Waals surface area contributed by atoms with Gasteiger partial charge in [-0.1, -0.05) is 42.5 Å². The van der Waals surface area contributed by atoms with Crippen molar-refractivity contribution in [2.75, 3.05) is 11.8 Å². The van der Waals surface area contributed by atoms with Crippen LogP contribution in [0.15, 0.2) is 54.6 Å². The van der Waals surface area contributed by atoms with E-state index in [1.54, 1.807) is 12.1 Å². The van der Waals surface area contributed by atoms with E-state index in [0.717, 1.165) is 17.5 Å². The maximum absolute atomic E-state index is 9.33. The first-order valence-corrected chi connectivity index (χ1v) is 7.22. The predicted octanol–water partition coefficient (Wildman–Crippen LogP) is 4.35.